The van der Waals surface area contributed by atoms with Crippen LogP contribution in [0, 0.1) is 5.92 Å². The van der Waals surface area contributed by atoms with E-state index in [1.165, 1.54) is 15.6 Å². The zero-order chi connectivity index (χ0) is 12.5. The molecular formula is C10H13NO4S2. The molecule has 5 nitrogen and oxygen atoms in total. The van der Waals surface area contributed by atoms with Crippen LogP contribution in [0.2, 0.25) is 0 Å². The molecule has 0 saturated carbocycles. The Kier molecular flexibility index (Phi) is 3.50. The molecule has 1 aromatic rings. The average molecular weight is 275 g/mol. The van der Waals surface area contributed by atoms with Crippen molar-refractivity contribution in [1.82, 2.24) is 4.31 Å². The van der Waals surface area contributed by atoms with Crippen molar-refractivity contribution < 1.29 is 18.3 Å². The van der Waals surface area contributed by atoms with Crippen LogP contribution in [0.1, 0.15) is 12.8 Å². The summed E-state index contributed by atoms with van der Waals surface area (Å²) in [6.07, 6.45) is 1.14. The first kappa shape index (κ1) is 12.5. The Labute approximate surface area is 104 Å². The molecule has 0 amide bonds. The minimum absolute atomic E-state index is 0.0769. The van der Waals surface area contributed by atoms with Crippen molar-refractivity contribution in [1.29, 1.82) is 0 Å². The summed E-state index contributed by atoms with van der Waals surface area (Å²) in [7, 11) is -3.50. The summed E-state index contributed by atoms with van der Waals surface area (Å²) in [5.74, 6) is -1.51. The quantitative estimate of drug-likeness (QED) is 0.900. The molecule has 1 fully saturated rings. The van der Waals surface area contributed by atoms with E-state index in [0.29, 0.717) is 19.4 Å². The van der Waals surface area contributed by atoms with E-state index in [1.54, 1.807) is 16.8 Å². The highest BCUT2D eigenvalue weighted by Gasteiger charge is 2.33. The van der Waals surface area contributed by atoms with Gasteiger partial charge in [0.2, 0.25) is 10.0 Å². The second-order valence-corrected chi connectivity index (χ2v) is 6.72. The van der Waals surface area contributed by atoms with Crippen molar-refractivity contribution in [3.05, 3.63) is 16.8 Å². The van der Waals surface area contributed by atoms with Crippen molar-refractivity contribution in [3.63, 3.8) is 0 Å². The molecule has 1 aliphatic rings. The van der Waals surface area contributed by atoms with Crippen molar-refractivity contribution in [2.75, 3.05) is 13.1 Å². The Morgan fingerprint density at radius 3 is 2.88 bits per heavy atom. The molecule has 17 heavy (non-hydrogen) atoms. The molecule has 1 aliphatic heterocycles. The van der Waals surface area contributed by atoms with E-state index >= 15 is 0 Å². The van der Waals surface area contributed by atoms with Crippen LogP contribution in [0.3, 0.4) is 0 Å². The van der Waals surface area contributed by atoms with E-state index in [2.05, 4.69) is 0 Å². The molecule has 0 bridgehead atoms. The van der Waals surface area contributed by atoms with Gasteiger partial charge in [-0.15, -0.1) is 0 Å². The molecule has 0 aliphatic carbocycles. The summed E-state index contributed by atoms with van der Waals surface area (Å²) in [6.45, 7) is 0.482. The van der Waals surface area contributed by atoms with E-state index in [-0.39, 0.29) is 11.4 Å². The first-order valence-corrected chi connectivity index (χ1v) is 7.65. The van der Waals surface area contributed by atoms with Gasteiger partial charge in [-0.1, -0.05) is 0 Å². The number of piperidine rings is 1. The number of nitrogens with zero attached hydrogens (tertiary/aromatic N) is 1. The number of thiophene rings is 1. The second-order valence-electron chi connectivity index (χ2n) is 4.00. The lowest BCUT2D eigenvalue weighted by Gasteiger charge is -2.29. The molecule has 0 radical (unpaired) electrons. The van der Waals surface area contributed by atoms with Crippen molar-refractivity contribution in [2.45, 2.75) is 17.7 Å². The molecule has 0 spiro atoms. The van der Waals surface area contributed by atoms with Gasteiger partial charge in [-0.2, -0.15) is 15.6 Å². The van der Waals surface area contributed by atoms with Gasteiger partial charge in [0, 0.05) is 18.5 Å². The van der Waals surface area contributed by atoms with Gasteiger partial charge in [0.25, 0.3) is 0 Å². The van der Waals surface area contributed by atoms with Gasteiger partial charge in [-0.25, -0.2) is 8.42 Å². The maximum atomic E-state index is 12.2. The van der Waals surface area contributed by atoms with E-state index in [4.69, 9.17) is 5.11 Å². The highest BCUT2D eigenvalue weighted by Crippen LogP contribution is 2.24. The molecular weight excluding hydrogens is 262 g/mol. The van der Waals surface area contributed by atoms with Crippen molar-refractivity contribution in [2.24, 2.45) is 5.92 Å². The maximum absolute atomic E-state index is 12.2. The minimum Gasteiger partial charge on any atom is -0.481 e. The predicted octanol–water partition coefficient (Wildman–Crippen LogP) is 1.23. The van der Waals surface area contributed by atoms with E-state index in [0.717, 1.165) is 0 Å². The van der Waals surface area contributed by atoms with Gasteiger partial charge in [0.15, 0.2) is 0 Å². The number of carboxylic acids is 1. The molecule has 1 unspecified atom stereocenters. The fourth-order valence-corrected chi connectivity index (χ4v) is 4.45. The molecule has 1 aromatic heterocycles. The van der Waals surface area contributed by atoms with Crippen molar-refractivity contribution in [3.8, 4) is 0 Å². The van der Waals surface area contributed by atoms with Crippen LogP contribution in [0.5, 0.6) is 0 Å². The van der Waals surface area contributed by atoms with E-state index < -0.39 is 21.9 Å². The largest absolute Gasteiger partial charge is 0.481 e. The molecule has 1 N–H and O–H groups in total. The summed E-state index contributed by atoms with van der Waals surface area (Å²) in [5, 5.41) is 12.2. The molecule has 94 valence electrons. The molecule has 2 rings (SSSR count). The lowest BCUT2D eigenvalue weighted by atomic mass is 10.0. The fraction of sp³-hybridized carbons (Fsp3) is 0.500. The summed E-state index contributed by atoms with van der Waals surface area (Å²) in [4.78, 5) is 11.2. The Morgan fingerprint density at radius 2 is 2.29 bits per heavy atom. The standard InChI is InChI=1S/C10H13NO4S2/c12-10(13)8-2-1-4-11(6-8)17(14,15)9-3-5-16-7-9/h3,5,7-8H,1-2,4,6H2,(H,12,13). The lowest BCUT2D eigenvalue weighted by Crippen LogP contribution is -2.42. The van der Waals surface area contributed by atoms with Gasteiger partial charge < -0.3 is 5.11 Å². The fourth-order valence-electron chi connectivity index (χ4n) is 1.91. The van der Waals surface area contributed by atoms with Crippen molar-refractivity contribution >= 4 is 27.3 Å². The number of carboxylic acid groups (broad SMARTS) is 1. The van der Waals surface area contributed by atoms with Crippen LogP contribution >= 0.6 is 11.3 Å². The molecule has 0 aromatic carbocycles. The van der Waals surface area contributed by atoms with Crippen LogP contribution < -0.4 is 0 Å². The van der Waals surface area contributed by atoms with Gasteiger partial charge in [0.1, 0.15) is 0 Å². The van der Waals surface area contributed by atoms with Crippen LogP contribution in [-0.4, -0.2) is 36.9 Å². The monoisotopic (exact) mass is 275 g/mol. The van der Waals surface area contributed by atoms with E-state index in [1.807, 2.05) is 0 Å². The number of aliphatic carboxylic acids is 1. The number of carbonyl (C=O) groups is 1. The maximum Gasteiger partial charge on any atom is 0.307 e. The van der Waals surface area contributed by atoms with Crippen LogP contribution in [0.4, 0.5) is 0 Å². The van der Waals surface area contributed by atoms with Gasteiger partial charge >= 0.3 is 5.97 Å². The van der Waals surface area contributed by atoms with Gasteiger partial charge in [0.05, 0.1) is 10.8 Å². The SMILES string of the molecule is O=C(O)C1CCCN(S(=O)(=O)c2ccsc2)C1. The smallest absolute Gasteiger partial charge is 0.307 e. The Morgan fingerprint density at radius 1 is 1.53 bits per heavy atom. The first-order valence-electron chi connectivity index (χ1n) is 5.27. The van der Waals surface area contributed by atoms with Crippen LogP contribution in [0.25, 0.3) is 0 Å². The highest BCUT2D eigenvalue weighted by atomic mass is 32.2. The van der Waals surface area contributed by atoms with Gasteiger partial charge in [-0.3, -0.25) is 4.79 Å². The normalized spacial score (nSPS) is 22.5. The zero-order valence-corrected chi connectivity index (χ0v) is 10.7. The Hall–Kier alpha value is -0.920. The summed E-state index contributed by atoms with van der Waals surface area (Å²) >= 11 is 1.32. The molecule has 1 atom stereocenters. The zero-order valence-electron chi connectivity index (χ0n) is 9.07. The summed E-state index contributed by atoms with van der Waals surface area (Å²) < 4.78 is 25.6. The van der Waals surface area contributed by atoms with Crippen LogP contribution in [-0.2, 0) is 14.8 Å². The first-order chi connectivity index (χ1) is 8.01. The molecule has 1 saturated heterocycles. The summed E-state index contributed by atoms with van der Waals surface area (Å²) in [5.41, 5.74) is 0. The third kappa shape index (κ3) is 2.51. The number of rotatable bonds is 3. The number of hydrogen-bond acceptors (Lipinski definition) is 4. The topological polar surface area (TPSA) is 74.7 Å². The second kappa shape index (κ2) is 4.75. The minimum atomic E-state index is -3.50. The summed E-state index contributed by atoms with van der Waals surface area (Å²) in [6, 6.07) is 1.55. The third-order valence-corrected chi connectivity index (χ3v) is 5.56. The average Bonchev–Trinajstić information content (AvgIpc) is 2.83. The number of hydrogen-bond donors (Lipinski definition) is 1. The highest BCUT2D eigenvalue weighted by molar-refractivity contribution is 7.89. The van der Waals surface area contributed by atoms with Gasteiger partial charge in [-0.05, 0) is 24.3 Å². The van der Waals surface area contributed by atoms with Crippen LogP contribution in [0.15, 0.2) is 21.7 Å². The Bertz CT molecular complexity index is 494. The Balaban J connectivity index is 2.20. The number of sulfonamides is 1. The molecule has 7 heteroatoms. The predicted molar refractivity (Wildman–Crippen MR) is 63.4 cm³/mol. The lowest BCUT2D eigenvalue weighted by molar-refractivity contribution is -0.142. The van der Waals surface area contributed by atoms with E-state index in [9.17, 15) is 13.2 Å². The third-order valence-electron chi connectivity index (χ3n) is 2.87. The molecule has 2 heterocycles.